The number of piperidine rings is 1. The highest BCUT2D eigenvalue weighted by molar-refractivity contribution is 9.10. The van der Waals surface area contributed by atoms with Crippen molar-refractivity contribution in [2.45, 2.75) is 19.3 Å². The summed E-state index contributed by atoms with van der Waals surface area (Å²) in [7, 11) is 2.13. The molecule has 20 heavy (non-hydrogen) atoms. The van der Waals surface area contributed by atoms with E-state index >= 15 is 0 Å². The van der Waals surface area contributed by atoms with Crippen molar-refractivity contribution in [3.05, 3.63) is 34.1 Å². The Morgan fingerprint density at radius 3 is 2.80 bits per heavy atom. The maximum atomic E-state index is 13.6. The quantitative estimate of drug-likeness (QED) is 0.911. The van der Waals surface area contributed by atoms with Gasteiger partial charge in [-0.2, -0.15) is 0 Å². The molecule has 1 heterocycles. The summed E-state index contributed by atoms with van der Waals surface area (Å²) in [6.07, 6.45) is 3.32. The molecule has 0 atom stereocenters. The van der Waals surface area contributed by atoms with E-state index in [9.17, 15) is 9.18 Å². The number of carbonyl (C=O) groups is 1. The van der Waals surface area contributed by atoms with Crippen molar-refractivity contribution in [1.29, 1.82) is 0 Å². The van der Waals surface area contributed by atoms with Crippen LogP contribution in [0.2, 0.25) is 0 Å². The van der Waals surface area contributed by atoms with E-state index in [1.54, 1.807) is 12.1 Å². The van der Waals surface area contributed by atoms with Crippen molar-refractivity contribution in [2.24, 2.45) is 5.92 Å². The molecule has 1 aromatic rings. The van der Waals surface area contributed by atoms with Crippen molar-refractivity contribution in [3.8, 4) is 0 Å². The topological polar surface area (TPSA) is 32.3 Å². The molecular weight excluding hydrogens is 323 g/mol. The van der Waals surface area contributed by atoms with Crippen LogP contribution in [-0.4, -0.2) is 37.5 Å². The molecule has 1 aromatic carbocycles. The molecule has 0 saturated carbocycles. The minimum Gasteiger partial charge on any atom is -0.352 e. The number of nitrogens with zero attached hydrogens (tertiary/aromatic N) is 1. The zero-order chi connectivity index (χ0) is 14.5. The predicted octanol–water partition coefficient (Wildman–Crippen LogP) is 3.05. The Balaban J connectivity index is 1.81. The molecular formula is C15H20BrFN2O. The maximum absolute atomic E-state index is 13.6. The molecule has 1 saturated heterocycles. The van der Waals surface area contributed by atoms with Crippen molar-refractivity contribution in [2.75, 3.05) is 26.7 Å². The Bertz CT molecular complexity index is 453. The van der Waals surface area contributed by atoms with E-state index in [1.165, 1.54) is 18.9 Å². The number of hydrogen-bond donors (Lipinski definition) is 1. The predicted molar refractivity (Wildman–Crippen MR) is 81.3 cm³/mol. The molecule has 0 aliphatic carbocycles. The molecule has 1 N–H and O–H groups in total. The largest absolute Gasteiger partial charge is 0.352 e. The molecule has 1 aliphatic rings. The lowest BCUT2D eigenvalue weighted by Crippen LogP contribution is -2.33. The SMILES string of the molecule is CN1CCC(CCNC(=O)c2c(F)cccc2Br)CC1. The molecule has 1 amide bonds. The van der Waals surface area contributed by atoms with Gasteiger partial charge >= 0.3 is 0 Å². The highest BCUT2D eigenvalue weighted by Crippen LogP contribution is 2.21. The van der Waals surface area contributed by atoms with Crippen molar-refractivity contribution >= 4 is 21.8 Å². The fourth-order valence-corrected chi connectivity index (χ4v) is 3.07. The van der Waals surface area contributed by atoms with E-state index in [1.807, 2.05) is 0 Å². The second-order valence-corrected chi connectivity index (χ2v) is 6.24. The third-order valence-electron chi connectivity index (χ3n) is 3.87. The summed E-state index contributed by atoms with van der Waals surface area (Å²) in [5, 5.41) is 2.82. The molecule has 1 fully saturated rings. The van der Waals surface area contributed by atoms with Gasteiger partial charge in [-0.05, 0) is 73.4 Å². The van der Waals surface area contributed by atoms with Gasteiger partial charge in [0.25, 0.3) is 5.91 Å². The van der Waals surface area contributed by atoms with Gasteiger partial charge in [0.15, 0.2) is 0 Å². The maximum Gasteiger partial charge on any atom is 0.255 e. The number of benzene rings is 1. The third-order valence-corrected chi connectivity index (χ3v) is 4.53. The van der Waals surface area contributed by atoms with E-state index < -0.39 is 5.82 Å². The van der Waals surface area contributed by atoms with Crippen molar-refractivity contribution in [3.63, 3.8) is 0 Å². The molecule has 3 nitrogen and oxygen atoms in total. The van der Waals surface area contributed by atoms with Gasteiger partial charge < -0.3 is 10.2 Å². The first-order chi connectivity index (χ1) is 9.58. The van der Waals surface area contributed by atoms with Gasteiger partial charge in [0.05, 0.1) is 5.56 Å². The van der Waals surface area contributed by atoms with Crippen LogP contribution in [0.5, 0.6) is 0 Å². The number of amides is 1. The van der Waals surface area contributed by atoms with Crippen LogP contribution in [-0.2, 0) is 0 Å². The molecule has 2 rings (SSSR count). The first-order valence-corrected chi connectivity index (χ1v) is 7.78. The van der Waals surface area contributed by atoms with E-state index in [0.717, 1.165) is 19.5 Å². The summed E-state index contributed by atoms with van der Waals surface area (Å²) >= 11 is 3.22. The van der Waals surface area contributed by atoms with Crippen molar-refractivity contribution in [1.82, 2.24) is 10.2 Å². The second kappa shape index (κ2) is 7.18. The van der Waals surface area contributed by atoms with Crippen LogP contribution in [0.15, 0.2) is 22.7 Å². The minimum atomic E-state index is -0.490. The Hall–Kier alpha value is -0.940. The van der Waals surface area contributed by atoms with Gasteiger partial charge in [-0.25, -0.2) is 4.39 Å². The van der Waals surface area contributed by atoms with Crippen LogP contribution >= 0.6 is 15.9 Å². The van der Waals surface area contributed by atoms with Gasteiger partial charge in [-0.3, -0.25) is 4.79 Å². The molecule has 5 heteroatoms. The van der Waals surface area contributed by atoms with Crippen LogP contribution in [0.4, 0.5) is 4.39 Å². The van der Waals surface area contributed by atoms with Crippen LogP contribution in [0.3, 0.4) is 0 Å². The molecule has 0 aromatic heterocycles. The zero-order valence-electron chi connectivity index (χ0n) is 11.7. The Morgan fingerprint density at radius 2 is 2.15 bits per heavy atom. The number of hydrogen-bond acceptors (Lipinski definition) is 2. The van der Waals surface area contributed by atoms with Crippen LogP contribution in [0.1, 0.15) is 29.6 Å². The van der Waals surface area contributed by atoms with Gasteiger partial charge in [0, 0.05) is 11.0 Å². The summed E-state index contributed by atoms with van der Waals surface area (Å²) in [6, 6.07) is 4.56. The van der Waals surface area contributed by atoms with Crippen LogP contribution in [0.25, 0.3) is 0 Å². The standard InChI is InChI=1S/C15H20BrFN2O/c1-19-9-6-11(7-10-19)5-8-18-15(20)14-12(16)3-2-4-13(14)17/h2-4,11H,5-10H2,1H3,(H,18,20). The summed E-state index contributed by atoms with van der Waals surface area (Å²) in [5.41, 5.74) is 0.0934. The Morgan fingerprint density at radius 1 is 1.45 bits per heavy atom. The number of nitrogens with one attached hydrogen (secondary N) is 1. The highest BCUT2D eigenvalue weighted by Gasteiger charge is 2.18. The van der Waals surface area contributed by atoms with E-state index in [4.69, 9.17) is 0 Å². The summed E-state index contributed by atoms with van der Waals surface area (Å²) in [6.45, 7) is 2.85. The van der Waals surface area contributed by atoms with Gasteiger partial charge in [0.1, 0.15) is 5.82 Å². The number of likely N-dealkylation sites (tertiary alicyclic amines) is 1. The van der Waals surface area contributed by atoms with Gasteiger partial charge in [-0.1, -0.05) is 6.07 Å². The monoisotopic (exact) mass is 342 g/mol. The average Bonchev–Trinajstić information content (AvgIpc) is 2.41. The number of halogens is 2. The highest BCUT2D eigenvalue weighted by atomic mass is 79.9. The fraction of sp³-hybridized carbons (Fsp3) is 0.533. The minimum absolute atomic E-state index is 0.0934. The van der Waals surface area contributed by atoms with Crippen LogP contribution in [0, 0.1) is 11.7 Å². The summed E-state index contributed by atoms with van der Waals surface area (Å²) in [5.74, 6) is -0.172. The van der Waals surface area contributed by atoms with Crippen LogP contribution < -0.4 is 5.32 Å². The Labute approximate surface area is 127 Å². The lowest BCUT2D eigenvalue weighted by atomic mass is 9.94. The molecule has 1 aliphatic heterocycles. The molecule has 110 valence electrons. The number of rotatable bonds is 4. The Kier molecular flexibility index (Phi) is 5.54. The van der Waals surface area contributed by atoms with Gasteiger partial charge in [-0.15, -0.1) is 0 Å². The lowest BCUT2D eigenvalue weighted by molar-refractivity contribution is 0.0944. The van der Waals surface area contributed by atoms with Gasteiger partial charge in [0.2, 0.25) is 0 Å². The number of carbonyl (C=O) groups excluding carboxylic acids is 1. The first kappa shape index (κ1) is 15.4. The smallest absolute Gasteiger partial charge is 0.255 e. The molecule has 0 bridgehead atoms. The molecule has 0 unspecified atom stereocenters. The van der Waals surface area contributed by atoms with E-state index in [-0.39, 0.29) is 11.5 Å². The average molecular weight is 343 g/mol. The first-order valence-electron chi connectivity index (χ1n) is 6.98. The molecule has 0 spiro atoms. The van der Waals surface area contributed by atoms with E-state index in [0.29, 0.717) is 16.9 Å². The lowest BCUT2D eigenvalue weighted by Gasteiger charge is -2.28. The second-order valence-electron chi connectivity index (χ2n) is 5.39. The summed E-state index contributed by atoms with van der Waals surface area (Å²) < 4.78 is 14.1. The normalized spacial score (nSPS) is 17.1. The molecule has 0 radical (unpaired) electrons. The fourth-order valence-electron chi connectivity index (χ4n) is 2.54. The van der Waals surface area contributed by atoms with E-state index in [2.05, 4.69) is 33.2 Å². The third kappa shape index (κ3) is 4.03. The van der Waals surface area contributed by atoms with Crippen molar-refractivity contribution < 1.29 is 9.18 Å². The zero-order valence-corrected chi connectivity index (χ0v) is 13.2. The summed E-state index contributed by atoms with van der Waals surface area (Å²) in [4.78, 5) is 14.3.